The van der Waals surface area contributed by atoms with Gasteiger partial charge in [0.05, 0.1) is 12.2 Å². The highest BCUT2D eigenvalue weighted by Gasteiger charge is 2.11. The van der Waals surface area contributed by atoms with Crippen molar-refractivity contribution >= 4 is 11.7 Å². The molecular formula is C18H20N4O2. The number of nitrogens with one attached hydrogen (secondary N) is 1. The third kappa shape index (κ3) is 3.65. The van der Waals surface area contributed by atoms with E-state index in [0.29, 0.717) is 19.5 Å². The van der Waals surface area contributed by atoms with E-state index in [-0.39, 0.29) is 11.8 Å². The van der Waals surface area contributed by atoms with Crippen LogP contribution in [0.15, 0.2) is 54.9 Å². The summed E-state index contributed by atoms with van der Waals surface area (Å²) in [5.41, 5.74) is 2.55. The second kappa shape index (κ2) is 7.04. The highest BCUT2D eigenvalue weighted by molar-refractivity contribution is 5.73. The zero-order valence-electron chi connectivity index (χ0n) is 13.5. The molecule has 0 fully saturated rings. The first-order valence-corrected chi connectivity index (χ1v) is 7.82. The Kier molecular flexibility index (Phi) is 4.65. The number of hydrogen-bond donors (Lipinski definition) is 2. The number of pyridine rings is 1. The van der Waals surface area contributed by atoms with Gasteiger partial charge in [0.1, 0.15) is 11.4 Å². The molecule has 2 N–H and O–H groups in total. The van der Waals surface area contributed by atoms with Crippen molar-refractivity contribution < 1.29 is 9.90 Å². The number of aromatic hydroxyl groups is 1. The van der Waals surface area contributed by atoms with E-state index in [4.69, 9.17) is 0 Å². The molecule has 0 aliphatic rings. The van der Waals surface area contributed by atoms with Gasteiger partial charge in [-0.15, -0.1) is 0 Å². The van der Waals surface area contributed by atoms with Gasteiger partial charge in [0.25, 0.3) is 0 Å². The highest BCUT2D eigenvalue weighted by atomic mass is 16.3. The number of para-hydroxylation sites is 1. The van der Waals surface area contributed by atoms with Crippen molar-refractivity contribution in [2.24, 2.45) is 0 Å². The molecule has 0 aliphatic heterocycles. The fraction of sp³-hybridized carbons (Fsp3) is 0.222. The van der Waals surface area contributed by atoms with Gasteiger partial charge < -0.3 is 19.7 Å². The van der Waals surface area contributed by atoms with Crippen molar-refractivity contribution in [3.63, 3.8) is 0 Å². The monoisotopic (exact) mass is 324 g/mol. The standard InChI is InChI=1S/C18H20N4O2/c1-21(12-14-6-2-3-7-16(14)23)18(24)19-10-9-15-13-22-11-5-4-8-17(22)20-15/h2-8,11,13,23H,9-10,12H2,1H3,(H,19,24). The van der Waals surface area contributed by atoms with Crippen molar-refractivity contribution in [1.82, 2.24) is 19.6 Å². The van der Waals surface area contributed by atoms with E-state index >= 15 is 0 Å². The Bertz CT molecular complexity index is 811. The third-order valence-corrected chi connectivity index (χ3v) is 3.82. The lowest BCUT2D eigenvalue weighted by Gasteiger charge is -2.18. The summed E-state index contributed by atoms with van der Waals surface area (Å²) >= 11 is 0. The molecule has 6 heteroatoms. The second-order valence-electron chi connectivity index (χ2n) is 5.67. The SMILES string of the molecule is CN(Cc1ccccc1O)C(=O)NCCc1cn2ccccc2n1. The van der Waals surface area contributed by atoms with Crippen LogP contribution < -0.4 is 5.32 Å². The number of carbonyl (C=O) groups is 1. The Balaban J connectivity index is 1.50. The van der Waals surface area contributed by atoms with E-state index in [1.54, 1.807) is 30.1 Å². The summed E-state index contributed by atoms with van der Waals surface area (Å²) in [6.07, 6.45) is 4.58. The number of nitrogens with zero attached hydrogens (tertiary/aromatic N) is 3. The molecule has 0 saturated heterocycles. The fourth-order valence-corrected chi connectivity index (χ4v) is 2.51. The number of benzene rings is 1. The predicted molar refractivity (Wildman–Crippen MR) is 91.9 cm³/mol. The average Bonchev–Trinajstić information content (AvgIpc) is 2.99. The summed E-state index contributed by atoms with van der Waals surface area (Å²) in [6, 6.07) is 12.7. The quantitative estimate of drug-likeness (QED) is 0.757. The van der Waals surface area contributed by atoms with E-state index in [9.17, 15) is 9.90 Å². The van der Waals surface area contributed by atoms with Gasteiger partial charge in [-0.25, -0.2) is 9.78 Å². The Morgan fingerprint density at radius 1 is 1.25 bits per heavy atom. The van der Waals surface area contributed by atoms with E-state index in [0.717, 1.165) is 16.9 Å². The van der Waals surface area contributed by atoms with Crippen LogP contribution in [0.4, 0.5) is 4.79 Å². The zero-order chi connectivity index (χ0) is 16.9. The van der Waals surface area contributed by atoms with Crippen molar-refractivity contribution in [2.75, 3.05) is 13.6 Å². The first-order chi connectivity index (χ1) is 11.6. The van der Waals surface area contributed by atoms with Gasteiger partial charge >= 0.3 is 6.03 Å². The molecule has 24 heavy (non-hydrogen) atoms. The van der Waals surface area contributed by atoms with Crippen LogP contribution in [0.5, 0.6) is 5.75 Å². The molecular weight excluding hydrogens is 304 g/mol. The van der Waals surface area contributed by atoms with Crippen LogP contribution in [0.25, 0.3) is 5.65 Å². The van der Waals surface area contributed by atoms with Crippen LogP contribution in [0.3, 0.4) is 0 Å². The number of phenolic OH excluding ortho intramolecular Hbond substituents is 1. The van der Waals surface area contributed by atoms with E-state index in [1.165, 1.54) is 0 Å². The number of imidazole rings is 1. The Labute approximate surface area is 140 Å². The first-order valence-electron chi connectivity index (χ1n) is 7.82. The largest absolute Gasteiger partial charge is 0.508 e. The van der Waals surface area contributed by atoms with Crippen molar-refractivity contribution in [1.29, 1.82) is 0 Å². The van der Waals surface area contributed by atoms with Crippen LogP contribution in [0, 0.1) is 0 Å². The number of carbonyl (C=O) groups excluding carboxylic acids is 1. The van der Waals surface area contributed by atoms with Crippen LogP contribution in [0.1, 0.15) is 11.3 Å². The minimum absolute atomic E-state index is 0.179. The van der Waals surface area contributed by atoms with Gasteiger partial charge in [0.15, 0.2) is 0 Å². The molecule has 1 aromatic carbocycles. The van der Waals surface area contributed by atoms with Crippen LogP contribution in [0.2, 0.25) is 0 Å². The maximum Gasteiger partial charge on any atom is 0.317 e. The lowest BCUT2D eigenvalue weighted by molar-refractivity contribution is 0.206. The highest BCUT2D eigenvalue weighted by Crippen LogP contribution is 2.17. The molecule has 0 spiro atoms. The Hall–Kier alpha value is -3.02. The summed E-state index contributed by atoms with van der Waals surface area (Å²) in [7, 11) is 1.70. The predicted octanol–water partition coefficient (Wildman–Crippen LogP) is 2.42. The molecule has 0 radical (unpaired) electrons. The average molecular weight is 324 g/mol. The number of phenols is 1. The normalized spacial score (nSPS) is 10.7. The number of amides is 2. The molecule has 3 rings (SSSR count). The summed E-state index contributed by atoms with van der Waals surface area (Å²) in [5.74, 6) is 0.196. The molecule has 0 atom stereocenters. The van der Waals surface area contributed by atoms with Gasteiger partial charge in [-0.2, -0.15) is 0 Å². The minimum Gasteiger partial charge on any atom is -0.508 e. The van der Waals surface area contributed by atoms with Crippen molar-refractivity contribution in [2.45, 2.75) is 13.0 Å². The molecule has 2 aromatic heterocycles. The van der Waals surface area contributed by atoms with E-state index in [1.807, 2.05) is 41.1 Å². The van der Waals surface area contributed by atoms with Crippen molar-refractivity contribution in [3.8, 4) is 5.75 Å². The van der Waals surface area contributed by atoms with Gasteiger partial charge in [-0.05, 0) is 18.2 Å². The molecule has 2 amide bonds. The van der Waals surface area contributed by atoms with Gasteiger partial charge in [-0.3, -0.25) is 0 Å². The molecule has 0 aliphatic carbocycles. The third-order valence-electron chi connectivity index (χ3n) is 3.82. The zero-order valence-corrected chi connectivity index (χ0v) is 13.5. The van der Waals surface area contributed by atoms with Gasteiger partial charge in [0, 0.05) is 38.0 Å². The lowest BCUT2D eigenvalue weighted by atomic mass is 10.2. The topological polar surface area (TPSA) is 69.9 Å². The molecule has 3 aromatic rings. The molecule has 2 heterocycles. The fourth-order valence-electron chi connectivity index (χ4n) is 2.51. The number of urea groups is 1. The molecule has 0 saturated carbocycles. The van der Waals surface area contributed by atoms with Crippen LogP contribution >= 0.6 is 0 Å². The summed E-state index contributed by atoms with van der Waals surface area (Å²) in [4.78, 5) is 18.2. The van der Waals surface area contributed by atoms with E-state index in [2.05, 4.69) is 10.3 Å². The Morgan fingerprint density at radius 3 is 2.83 bits per heavy atom. The molecule has 0 bridgehead atoms. The van der Waals surface area contributed by atoms with Gasteiger partial charge in [-0.1, -0.05) is 24.3 Å². The number of fused-ring (bicyclic) bond motifs is 1. The molecule has 0 unspecified atom stereocenters. The maximum atomic E-state index is 12.1. The van der Waals surface area contributed by atoms with Crippen LogP contribution in [-0.4, -0.2) is 39.0 Å². The Morgan fingerprint density at radius 2 is 2.04 bits per heavy atom. The summed E-state index contributed by atoms with van der Waals surface area (Å²) in [6.45, 7) is 0.862. The minimum atomic E-state index is -0.179. The molecule has 124 valence electrons. The second-order valence-corrected chi connectivity index (χ2v) is 5.67. The van der Waals surface area contributed by atoms with E-state index < -0.39 is 0 Å². The number of rotatable bonds is 5. The van der Waals surface area contributed by atoms with Crippen LogP contribution in [-0.2, 0) is 13.0 Å². The number of hydrogen-bond acceptors (Lipinski definition) is 3. The lowest BCUT2D eigenvalue weighted by Crippen LogP contribution is -2.37. The van der Waals surface area contributed by atoms with Crippen molar-refractivity contribution in [3.05, 3.63) is 66.1 Å². The summed E-state index contributed by atoms with van der Waals surface area (Å²) in [5, 5.41) is 12.6. The van der Waals surface area contributed by atoms with Gasteiger partial charge in [0.2, 0.25) is 0 Å². The smallest absolute Gasteiger partial charge is 0.317 e. The maximum absolute atomic E-state index is 12.1. The molecule has 6 nitrogen and oxygen atoms in total. The number of aromatic nitrogens is 2. The first kappa shape index (κ1) is 15.9. The summed E-state index contributed by atoms with van der Waals surface area (Å²) < 4.78 is 1.96.